The van der Waals surface area contributed by atoms with E-state index in [1.165, 1.54) is 6.07 Å². The summed E-state index contributed by atoms with van der Waals surface area (Å²) in [4.78, 5) is 12.4. The van der Waals surface area contributed by atoms with E-state index in [-0.39, 0.29) is 13.0 Å². The quantitative estimate of drug-likeness (QED) is 0.827. The molecule has 0 unspecified atom stereocenters. The first kappa shape index (κ1) is 15.4. The van der Waals surface area contributed by atoms with Gasteiger partial charge in [0, 0.05) is 24.8 Å². The smallest absolute Gasteiger partial charge is 0.305 e. The maximum absolute atomic E-state index is 13.2. The van der Waals surface area contributed by atoms with Crippen molar-refractivity contribution >= 4 is 11.7 Å². The Labute approximate surface area is 111 Å². The first-order chi connectivity index (χ1) is 8.90. The molecule has 1 aromatic rings. The van der Waals surface area contributed by atoms with Gasteiger partial charge in [-0.1, -0.05) is 13.8 Å². The Morgan fingerprint density at radius 1 is 1.26 bits per heavy atom. The fraction of sp³-hybridized carbons (Fsp3) is 0.500. The first-order valence-electron chi connectivity index (χ1n) is 6.32. The van der Waals surface area contributed by atoms with E-state index >= 15 is 0 Å². The molecule has 106 valence electrons. The van der Waals surface area contributed by atoms with E-state index in [0.29, 0.717) is 18.2 Å². The van der Waals surface area contributed by atoms with Gasteiger partial charge in [-0.15, -0.1) is 0 Å². The summed E-state index contributed by atoms with van der Waals surface area (Å²) in [5, 5.41) is 8.72. The number of nitrogens with zero attached hydrogens (tertiary/aromatic N) is 1. The van der Waals surface area contributed by atoms with Gasteiger partial charge >= 0.3 is 5.97 Å². The fourth-order valence-electron chi connectivity index (χ4n) is 1.70. The van der Waals surface area contributed by atoms with Gasteiger partial charge in [-0.05, 0) is 24.5 Å². The highest BCUT2D eigenvalue weighted by Gasteiger charge is 2.12. The zero-order chi connectivity index (χ0) is 14.4. The molecule has 0 atom stereocenters. The van der Waals surface area contributed by atoms with Gasteiger partial charge in [0.2, 0.25) is 0 Å². The van der Waals surface area contributed by atoms with Crippen LogP contribution in [0.5, 0.6) is 0 Å². The van der Waals surface area contributed by atoms with Gasteiger partial charge in [0.05, 0.1) is 6.42 Å². The Bertz CT molecular complexity index is 435. The van der Waals surface area contributed by atoms with Gasteiger partial charge in [-0.2, -0.15) is 0 Å². The minimum Gasteiger partial charge on any atom is -0.481 e. The van der Waals surface area contributed by atoms with Crippen molar-refractivity contribution in [3.8, 4) is 0 Å². The highest BCUT2D eigenvalue weighted by atomic mass is 19.2. The van der Waals surface area contributed by atoms with Crippen LogP contribution in [-0.4, -0.2) is 24.2 Å². The monoisotopic (exact) mass is 271 g/mol. The van der Waals surface area contributed by atoms with E-state index in [0.717, 1.165) is 18.6 Å². The largest absolute Gasteiger partial charge is 0.481 e. The number of aliphatic carboxylic acids is 1. The number of hydrogen-bond acceptors (Lipinski definition) is 2. The number of hydrogen-bond donors (Lipinski definition) is 1. The van der Waals surface area contributed by atoms with Crippen molar-refractivity contribution < 1.29 is 18.7 Å². The predicted octanol–water partition coefficient (Wildman–Crippen LogP) is 3.29. The van der Waals surface area contributed by atoms with Gasteiger partial charge in [0.1, 0.15) is 0 Å². The van der Waals surface area contributed by atoms with E-state index in [1.54, 1.807) is 4.90 Å². The third kappa shape index (κ3) is 5.24. The molecule has 0 aliphatic rings. The van der Waals surface area contributed by atoms with E-state index in [2.05, 4.69) is 13.8 Å². The molecule has 0 spiro atoms. The van der Waals surface area contributed by atoms with Gasteiger partial charge in [0.25, 0.3) is 0 Å². The van der Waals surface area contributed by atoms with Crippen LogP contribution in [0.15, 0.2) is 18.2 Å². The number of anilines is 1. The Balaban J connectivity index is 2.80. The Kier molecular flexibility index (Phi) is 5.73. The van der Waals surface area contributed by atoms with Crippen LogP contribution in [0.1, 0.15) is 26.7 Å². The summed E-state index contributed by atoms with van der Waals surface area (Å²) in [7, 11) is 0. The summed E-state index contributed by atoms with van der Waals surface area (Å²) in [6.07, 6.45) is 0.829. The standard InChI is InChI=1S/C14H19F2NO2/c1-10(2)5-7-17(8-6-14(18)19)11-3-4-12(15)13(16)9-11/h3-4,9-10H,5-8H2,1-2H3,(H,18,19). The van der Waals surface area contributed by atoms with Crippen molar-refractivity contribution in [3.63, 3.8) is 0 Å². The third-order valence-corrected chi connectivity index (χ3v) is 2.84. The summed E-state index contributed by atoms with van der Waals surface area (Å²) in [6.45, 7) is 5.02. The molecule has 0 radical (unpaired) electrons. The van der Waals surface area contributed by atoms with E-state index in [4.69, 9.17) is 5.11 Å². The topological polar surface area (TPSA) is 40.5 Å². The van der Waals surface area contributed by atoms with Crippen LogP contribution in [0.2, 0.25) is 0 Å². The Morgan fingerprint density at radius 2 is 1.95 bits per heavy atom. The summed E-state index contributed by atoms with van der Waals surface area (Å²) in [6, 6.07) is 3.64. The van der Waals surface area contributed by atoms with E-state index in [9.17, 15) is 13.6 Å². The SMILES string of the molecule is CC(C)CCN(CCC(=O)O)c1ccc(F)c(F)c1. The molecule has 1 aromatic carbocycles. The van der Waals surface area contributed by atoms with Crippen LogP contribution in [0.25, 0.3) is 0 Å². The molecule has 0 aromatic heterocycles. The number of carbonyl (C=O) groups is 1. The first-order valence-corrected chi connectivity index (χ1v) is 6.32. The summed E-state index contributed by atoms with van der Waals surface area (Å²) in [5.41, 5.74) is 0.515. The second-order valence-corrected chi connectivity index (χ2v) is 4.91. The number of benzene rings is 1. The van der Waals surface area contributed by atoms with E-state index in [1.807, 2.05) is 0 Å². The molecule has 1 N–H and O–H groups in total. The number of halogens is 2. The highest BCUT2D eigenvalue weighted by molar-refractivity contribution is 5.67. The molecular weight excluding hydrogens is 252 g/mol. The lowest BCUT2D eigenvalue weighted by molar-refractivity contribution is -0.136. The second kappa shape index (κ2) is 7.07. The van der Waals surface area contributed by atoms with Crippen molar-refractivity contribution in [2.75, 3.05) is 18.0 Å². The third-order valence-electron chi connectivity index (χ3n) is 2.84. The maximum Gasteiger partial charge on any atom is 0.305 e. The Morgan fingerprint density at radius 3 is 2.47 bits per heavy atom. The van der Waals surface area contributed by atoms with Crippen LogP contribution in [0.4, 0.5) is 14.5 Å². The van der Waals surface area contributed by atoms with Gasteiger partial charge < -0.3 is 10.0 Å². The number of carboxylic acid groups (broad SMARTS) is 1. The lowest BCUT2D eigenvalue weighted by Crippen LogP contribution is -2.28. The summed E-state index contributed by atoms with van der Waals surface area (Å²) < 4.78 is 26.1. The zero-order valence-electron chi connectivity index (χ0n) is 11.2. The van der Waals surface area contributed by atoms with Crippen LogP contribution in [0.3, 0.4) is 0 Å². The van der Waals surface area contributed by atoms with Crippen molar-refractivity contribution in [2.45, 2.75) is 26.7 Å². The van der Waals surface area contributed by atoms with Crippen molar-refractivity contribution in [1.82, 2.24) is 0 Å². The fourth-order valence-corrected chi connectivity index (χ4v) is 1.70. The molecule has 0 aliphatic carbocycles. The van der Waals surface area contributed by atoms with Crippen molar-refractivity contribution in [2.24, 2.45) is 5.92 Å². The van der Waals surface area contributed by atoms with Gasteiger partial charge in [-0.3, -0.25) is 4.79 Å². The summed E-state index contributed by atoms with van der Waals surface area (Å²) in [5.74, 6) is -2.26. The minimum atomic E-state index is -0.914. The average molecular weight is 271 g/mol. The molecule has 0 aliphatic heterocycles. The van der Waals surface area contributed by atoms with Crippen molar-refractivity contribution in [3.05, 3.63) is 29.8 Å². The number of carboxylic acids is 1. The lowest BCUT2D eigenvalue weighted by Gasteiger charge is -2.25. The van der Waals surface area contributed by atoms with Crippen LogP contribution in [0, 0.1) is 17.6 Å². The molecule has 1 rings (SSSR count). The van der Waals surface area contributed by atoms with Crippen molar-refractivity contribution in [1.29, 1.82) is 0 Å². The molecule has 0 bridgehead atoms. The predicted molar refractivity (Wildman–Crippen MR) is 70.3 cm³/mol. The van der Waals surface area contributed by atoms with Crippen LogP contribution in [-0.2, 0) is 4.79 Å². The Hall–Kier alpha value is -1.65. The molecule has 5 heteroatoms. The lowest BCUT2D eigenvalue weighted by atomic mass is 10.1. The number of rotatable bonds is 7. The summed E-state index contributed by atoms with van der Waals surface area (Å²) >= 11 is 0. The molecule has 0 saturated heterocycles. The van der Waals surface area contributed by atoms with Crippen LogP contribution >= 0.6 is 0 Å². The van der Waals surface area contributed by atoms with E-state index < -0.39 is 17.6 Å². The van der Waals surface area contributed by atoms with Gasteiger partial charge in [-0.25, -0.2) is 8.78 Å². The molecule has 0 heterocycles. The molecule has 0 saturated carbocycles. The van der Waals surface area contributed by atoms with Crippen LogP contribution < -0.4 is 4.90 Å². The highest BCUT2D eigenvalue weighted by Crippen LogP contribution is 2.19. The normalized spacial score (nSPS) is 10.8. The maximum atomic E-state index is 13.2. The minimum absolute atomic E-state index is 0.0307. The molecule has 0 amide bonds. The average Bonchev–Trinajstić information content (AvgIpc) is 2.32. The second-order valence-electron chi connectivity index (χ2n) is 4.91. The molecule has 0 fully saturated rings. The zero-order valence-corrected chi connectivity index (χ0v) is 11.2. The molecular formula is C14H19F2NO2. The molecule has 3 nitrogen and oxygen atoms in total. The molecule has 19 heavy (non-hydrogen) atoms. The van der Waals surface area contributed by atoms with Gasteiger partial charge in [0.15, 0.2) is 11.6 Å².